The number of amides is 1. The van der Waals surface area contributed by atoms with Crippen LogP contribution in [-0.2, 0) is 14.3 Å². The van der Waals surface area contributed by atoms with Gasteiger partial charge in [-0.3, -0.25) is 24.6 Å². The van der Waals surface area contributed by atoms with Crippen molar-refractivity contribution in [3.05, 3.63) is 34.4 Å². The Morgan fingerprint density at radius 1 is 1.33 bits per heavy atom. The predicted octanol–water partition coefficient (Wildman–Crippen LogP) is 1.81. The maximum Gasteiger partial charge on any atom is 0.309 e. The molecule has 0 spiro atoms. The van der Waals surface area contributed by atoms with E-state index in [4.69, 9.17) is 4.74 Å². The van der Waals surface area contributed by atoms with Crippen LogP contribution in [0.5, 0.6) is 0 Å². The van der Waals surface area contributed by atoms with Gasteiger partial charge >= 0.3 is 5.97 Å². The third-order valence-corrected chi connectivity index (χ3v) is 3.95. The topological polar surface area (TPSA) is 102 Å². The van der Waals surface area contributed by atoms with Crippen LogP contribution in [0.3, 0.4) is 0 Å². The number of benzene rings is 1. The highest BCUT2D eigenvalue weighted by atomic mass is 16.6. The van der Waals surface area contributed by atoms with Gasteiger partial charge in [-0.05, 0) is 38.9 Å². The Balaban J connectivity index is 1.84. The van der Waals surface area contributed by atoms with E-state index in [1.807, 2.05) is 4.90 Å². The molecular formula is C16H21N3O5. The van der Waals surface area contributed by atoms with Crippen LogP contribution in [0.15, 0.2) is 24.3 Å². The lowest BCUT2D eigenvalue weighted by atomic mass is 9.97. The van der Waals surface area contributed by atoms with Crippen LogP contribution in [-0.4, -0.2) is 47.9 Å². The monoisotopic (exact) mass is 335 g/mol. The van der Waals surface area contributed by atoms with Gasteiger partial charge < -0.3 is 10.1 Å². The summed E-state index contributed by atoms with van der Waals surface area (Å²) in [5, 5.41) is 13.5. The van der Waals surface area contributed by atoms with Crippen molar-refractivity contribution >= 4 is 23.3 Å². The average molecular weight is 335 g/mol. The van der Waals surface area contributed by atoms with Crippen LogP contribution in [0.1, 0.15) is 19.8 Å². The highest BCUT2D eigenvalue weighted by Gasteiger charge is 2.27. The molecule has 1 aliphatic rings. The van der Waals surface area contributed by atoms with E-state index in [1.54, 1.807) is 19.1 Å². The van der Waals surface area contributed by atoms with E-state index >= 15 is 0 Å². The molecule has 8 heteroatoms. The smallest absolute Gasteiger partial charge is 0.309 e. The number of hydrogen-bond acceptors (Lipinski definition) is 6. The zero-order valence-corrected chi connectivity index (χ0v) is 13.6. The van der Waals surface area contributed by atoms with Crippen molar-refractivity contribution in [2.45, 2.75) is 19.8 Å². The molecule has 24 heavy (non-hydrogen) atoms. The first kappa shape index (κ1) is 17.9. The van der Waals surface area contributed by atoms with Crippen LogP contribution < -0.4 is 5.32 Å². The molecule has 0 radical (unpaired) electrons. The summed E-state index contributed by atoms with van der Waals surface area (Å²) in [5.74, 6) is -0.597. The van der Waals surface area contributed by atoms with Gasteiger partial charge in [0.2, 0.25) is 5.91 Å². The zero-order chi connectivity index (χ0) is 17.5. The van der Waals surface area contributed by atoms with Crippen molar-refractivity contribution in [1.29, 1.82) is 0 Å². The summed E-state index contributed by atoms with van der Waals surface area (Å²) in [5.41, 5.74) is 0.0563. The number of piperidine rings is 1. The van der Waals surface area contributed by atoms with E-state index in [-0.39, 0.29) is 35.7 Å². The minimum Gasteiger partial charge on any atom is -0.466 e. The third kappa shape index (κ3) is 4.76. The molecule has 0 unspecified atom stereocenters. The maximum atomic E-state index is 12.1. The molecule has 130 valence electrons. The van der Waals surface area contributed by atoms with Gasteiger partial charge in [0.1, 0.15) is 5.69 Å². The quantitative estimate of drug-likeness (QED) is 0.483. The number of nitrogens with one attached hydrogen (secondary N) is 1. The van der Waals surface area contributed by atoms with E-state index < -0.39 is 4.92 Å². The second kappa shape index (κ2) is 8.39. The van der Waals surface area contributed by atoms with Gasteiger partial charge in [0.05, 0.1) is 24.0 Å². The average Bonchev–Trinajstić information content (AvgIpc) is 2.56. The van der Waals surface area contributed by atoms with Crippen LogP contribution in [0.4, 0.5) is 11.4 Å². The van der Waals surface area contributed by atoms with Gasteiger partial charge in [-0.15, -0.1) is 0 Å². The molecular weight excluding hydrogens is 314 g/mol. The van der Waals surface area contributed by atoms with Crippen molar-refractivity contribution in [3.8, 4) is 0 Å². The molecule has 0 saturated carbocycles. The lowest BCUT2D eigenvalue weighted by Crippen LogP contribution is -2.41. The summed E-state index contributed by atoms with van der Waals surface area (Å²) in [4.78, 5) is 36.1. The van der Waals surface area contributed by atoms with Crippen molar-refractivity contribution < 1.29 is 19.2 Å². The number of nitrogens with zero attached hydrogens (tertiary/aromatic N) is 2. The van der Waals surface area contributed by atoms with Gasteiger partial charge in [0, 0.05) is 6.07 Å². The molecule has 1 N–H and O–H groups in total. The molecule has 1 aromatic rings. The summed E-state index contributed by atoms with van der Waals surface area (Å²) in [7, 11) is 0. The predicted molar refractivity (Wildman–Crippen MR) is 87.5 cm³/mol. The molecule has 1 amide bonds. The Morgan fingerprint density at radius 3 is 2.62 bits per heavy atom. The van der Waals surface area contributed by atoms with Crippen molar-refractivity contribution in [2.24, 2.45) is 5.92 Å². The second-order valence-corrected chi connectivity index (χ2v) is 5.62. The van der Waals surface area contributed by atoms with Gasteiger partial charge in [-0.25, -0.2) is 0 Å². The maximum absolute atomic E-state index is 12.1. The molecule has 0 aromatic heterocycles. The molecule has 1 heterocycles. The number of para-hydroxylation sites is 2. The minimum atomic E-state index is -0.527. The number of hydrogen-bond donors (Lipinski definition) is 1. The normalized spacial score (nSPS) is 15.7. The summed E-state index contributed by atoms with van der Waals surface area (Å²) >= 11 is 0. The summed E-state index contributed by atoms with van der Waals surface area (Å²) in [6, 6.07) is 6.03. The summed E-state index contributed by atoms with van der Waals surface area (Å²) in [6.45, 7) is 3.53. The van der Waals surface area contributed by atoms with Crippen LogP contribution >= 0.6 is 0 Å². The molecule has 1 fully saturated rings. The highest BCUT2D eigenvalue weighted by Crippen LogP contribution is 2.23. The fourth-order valence-corrected chi connectivity index (χ4v) is 2.72. The first-order valence-corrected chi connectivity index (χ1v) is 7.93. The zero-order valence-electron chi connectivity index (χ0n) is 13.6. The largest absolute Gasteiger partial charge is 0.466 e. The number of ether oxygens (including phenoxy) is 1. The third-order valence-electron chi connectivity index (χ3n) is 3.95. The van der Waals surface area contributed by atoms with E-state index in [9.17, 15) is 19.7 Å². The number of nitro groups is 1. The van der Waals surface area contributed by atoms with Gasteiger partial charge in [-0.2, -0.15) is 0 Å². The lowest BCUT2D eigenvalue weighted by molar-refractivity contribution is -0.383. The second-order valence-electron chi connectivity index (χ2n) is 5.62. The van der Waals surface area contributed by atoms with Crippen LogP contribution in [0, 0.1) is 16.0 Å². The SMILES string of the molecule is CCOC(=O)C1CCN(CC(=O)Nc2ccccc2[N+](=O)[O-])CC1. The lowest BCUT2D eigenvalue weighted by Gasteiger charge is -2.30. The standard InChI is InChI=1S/C16H21N3O5/c1-2-24-16(21)12-7-9-18(10-8-12)11-15(20)17-13-5-3-4-6-14(13)19(22)23/h3-6,12H,2,7-11H2,1H3,(H,17,20). The highest BCUT2D eigenvalue weighted by molar-refractivity contribution is 5.94. The first-order chi connectivity index (χ1) is 11.5. The van der Waals surface area contributed by atoms with Gasteiger partial charge in [0.25, 0.3) is 5.69 Å². The molecule has 0 atom stereocenters. The molecule has 2 rings (SSSR count). The van der Waals surface area contributed by atoms with E-state index in [2.05, 4.69) is 5.32 Å². The van der Waals surface area contributed by atoms with Crippen LogP contribution in [0.25, 0.3) is 0 Å². The Bertz CT molecular complexity index is 611. The number of likely N-dealkylation sites (tertiary alicyclic amines) is 1. The number of esters is 1. The number of carbonyl (C=O) groups is 2. The fraction of sp³-hybridized carbons (Fsp3) is 0.500. The molecule has 1 aromatic carbocycles. The minimum absolute atomic E-state index is 0.112. The van der Waals surface area contributed by atoms with E-state index in [1.165, 1.54) is 12.1 Å². The van der Waals surface area contributed by atoms with Gasteiger partial charge in [0.15, 0.2) is 0 Å². The number of nitro benzene ring substituents is 1. The van der Waals surface area contributed by atoms with Crippen molar-refractivity contribution in [3.63, 3.8) is 0 Å². The van der Waals surface area contributed by atoms with Crippen molar-refractivity contribution in [1.82, 2.24) is 4.90 Å². The fourth-order valence-electron chi connectivity index (χ4n) is 2.72. The molecule has 1 saturated heterocycles. The number of carbonyl (C=O) groups excluding carboxylic acids is 2. The Labute approximate surface area is 139 Å². The Morgan fingerprint density at radius 2 is 2.00 bits per heavy atom. The van der Waals surface area contributed by atoms with E-state index in [0.29, 0.717) is 32.5 Å². The summed E-state index contributed by atoms with van der Waals surface area (Å²) in [6.07, 6.45) is 1.30. The van der Waals surface area contributed by atoms with E-state index in [0.717, 1.165) is 0 Å². The van der Waals surface area contributed by atoms with Crippen molar-refractivity contribution in [2.75, 3.05) is 31.6 Å². The number of anilines is 1. The number of rotatable bonds is 6. The summed E-state index contributed by atoms with van der Waals surface area (Å²) < 4.78 is 5.01. The Hall–Kier alpha value is -2.48. The molecule has 8 nitrogen and oxygen atoms in total. The van der Waals surface area contributed by atoms with Crippen LogP contribution in [0.2, 0.25) is 0 Å². The Kier molecular flexibility index (Phi) is 6.25. The molecule has 0 aliphatic carbocycles. The van der Waals surface area contributed by atoms with Gasteiger partial charge in [-0.1, -0.05) is 12.1 Å². The first-order valence-electron chi connectivity index (χ1n) is 7.93. The molecule has 1 aliphatic heterocycles. The molecule has 0 bridgehead atoms.